The Morgan fingerprint density at radius 1 is 1.21 bits per heavy atom. The number of nitrogens with zero attached hydrogens (tertiary/aromatic N) is 1. The van der Waals surface area contributed by atoms with Gasteiger partial charge in [-0.25, -0.2) is 4.99 Å². The molecule has 244 valence electrons. The molecule has 4 aliphatic carbocycles. The molecule has 0 amide bonds. The summed E-state index contributed by atoms with van der Waals surface area (Å²) in [5.41, 5.74) is 5.29. The molecule has 0 aromatic heterocycles. The van der Waals surface area contributed by atoms with E-state index in [9.17, 15) is 20.1 Å². The Morgan fingerprint density at radius 2 is 2.02 bits per heavy atom. The van der Waals surface area contributed by atoms with Gasteiger partial charge in [0, 0.05) is 42.0 Å². The number of aliphatic hydroxyl groups is 2. The molecule has 1 heterocycles. The normalized spacial score (nSPS) is 41.2. The first kappa shape index (κ1) is 32.8. The van der Waals surface area contributed by atoms with Crippen LogP contribution < -0.4 is 31.7 Å². The van der Waals surface area contributed by atoms with Gasteiger partial charge >= 0.3 is 0 Å². The molecule has 1 unspecified atom stereocenters. The minimum absolute atomic E-state index is 0.00896. The summed E-state index contributed by atoms with van der Waals surface area (Å²) in [7, 11) is 3.87. The number of quaternary nitrogens is 1. The monoisotopic (exact) mass is 604 g/mol. The number of hydrogen-bond acceptors (Lipinski definition) is 9. The van der Waals surface area contributed by atoms with Crippen LogP contribution in [-0.4, -0.2) is 106 Å². The van der Waals surface area contributed by atoms with Gasteiger partial charge in [-0.3, -0.25) is 4.90 Å². The van der Waals surface area contributed by atoms with Crippen molar-refractivity contribution in [2.45, 2.75) is 82.5 Å². The van der Waals surface area contributed by atoms with E-state index in [0.717, 1.165) is 81.6 Å². The summed E-state index contributed by atoms with van der Waals surface area (Å²) in [5.74, 6) is 0.0839. The summed E-state index contributed by atoms with van der Waals surface area (Å²) in [6, 6.07) is 0.375. The second-order valence-electron chi connectivity index (χ2n) is 14.1. The number of likely N-dealkylation sites (N-methyl/N-ethyl adjacent to an activating group) is 1. The number of piperidine rings is 1. The van der Waals surface area contributed by atoms with Crippen LogP contribution >= 0.6 is 0 Å². The van der Waals surface area contributed by atoms with Crippen molar-refractivity contribution in [3.8, 4) is 0 Å². The highest BCUT2D eigenvalue weighted by Crippen LogP contribution is 2.76. The summed E-state index contributed by atoms with van der Waals surface area (Å²) in [6.45, 7) is 6.55. The highest BCUT2D eigenvalue weighted by Gasteiger charge is 2.75. The fourth-order valence-corrected chi connectivity index (χ4v) is 10.4. The number of aliphatic imine (C=N–C) groups is 1. The van der Waals surface area contributed by atoms with Gasteiger partial charge in [-0.1, -0.05) is 12.5 Å². The third-order valence-electron chi connectivity index (χ3n) is 12.2. The third-order valence-corrected chi connectivity index (χ3v) is 12.2. The van der Waals surface area contributed by atoms with Crippen molar-refractivity contribution in [2.75, 3.05) is 66.6 Å². The van der Waals surface area contributed by atoms with E-state index in [1.807, 2.05) is 14.1 Å². The molecule has 5 rings (SSSR count). The van der Waals surface area contributed by atoms with Crippen molar-refractivity contribution >= 4 is 11.9 Å². The Labute approximate surface area is 257 Å². The lowest BCUT2D eigenvalue weighted by Gasteiger charge is -2.60. The smallest absolute Gasteiger partial charge is 0.293 e. The lowest BCUT2D eigenvalue weighted by Crippen LogP contribution is -3.19. The lowest BCUT2D eigenvalue weighted by molar-refractivity contribution is -0.828. The molecule has 43 heavy (non-hydrogen) atoms. The number of nitrogens with one attached hydrogen (secondary N) is 4. The SMILES string of the molecule is CNCCN=C(N)[NH+]1CC[C@H](CNCCO)[C@@]2(C1)[C@@H]1CC[C@@H](C)[C@]23C[C@](O)(CO[C@H]2CCC[C@H](NC)C2)C(C(=O)[O-])=C3C1. The fraction of sp³-hybridized carbons (Fsp3) is 0.875. The lowest BCUT2D eigenvalue weighted by atomic mass is 9.45. The van der Waals surface area contributed by atoms with Crippen LogP contribution in [0.4, 0.5) is 0 Å². The zero-order valence-corrected chi connectivity index (χ0v) is 26.6. The average molecular weight is 605 g/mol. The first-order valence-corrected chi connectivity index (χ1v) is 16.7. The molecule has 1 aliphatic heterocycles. The standard InChI is InChI=1S/C32H56N6O5/c1-21-7-8-22-15-26-27(28(40)41)30(42,20-43-25-6-4-5-24(16-25)35-3)18-31(21,26)32(22)19-38(29(33)37-11-10-34-2)13-9-23(32)17-36-12-14-39/h21-25,34-36,39,42H,4-20H2,1-3H3,(H2,33,37)(H,40,41)/t21-,22-,23-,24+,25+,30+,31+,32-/m1/s1. The van der Waals surface area contributed by atoms with E-state index in [4.69, 9.17) is 15.5 Å². The van der Waals surface area contributed by atoms with Crippen LogP contribution in [0.2, 0.25) is 0 Å². The number of hydrogen-bond donors (Lipinski definition) is 7. The number of carbonyl (C=O) groups is 1. The van der Waals surface area contributed by atoms with Gasteiger partial charge < -0.3 is 46.5 Å². The maximum atomic E-state index is 13.0. The second kappa shape index (κ2) is 13.4. The number of carboxylic acid groups (broad SMARTS) is 1. The highest BCUT2D eigenvalue weighted by molar-refractivity contribution is 5.90. The van der Waals surface area contributed by atoms with Gasteiger partial charge in [0.05, 0.1) is 44.9 Å². The Bertz CT molecular complexity index is 1070. The molecule has 4 fully saturated rings. The number of likely N-dealkylation sites (tertiary alicyclic amines) is 1. The summed E-state index contributed by atoms with van der Waals surface area (Å²) >= 11 is 0. The molecule has 3 saturated carbocycles. The summed E-state index contributed by atoms with van der Waals surface area (Å²) in [5, 5.41) is 44.9. The van der Waals surface area contributed by atoms with Crippen molar-refractivity contribution in [1.82, 2.24) is 16.0 Å². The molecule has 11 heteroatoms. The molecule has 2 spiro atoms. The second-order valence-corrected chi connectivity index (χ2v) is 14.1. The molecule has 5 aliphatic rings. The fourth-order valence-electron chi connectivity index (χ4n) is 10.4. The van der Waals surface area contributed by atoms with Crippen LogP contribution in [-0.2, 0) is 9.53 Å². The van der Waals surface area contributed by atoms with Gasteiger partial charge in [-0.2, -0.15) is 0 Å². The number of allylic oxidation sites excluding steroid dienone is 1. The first-order chi connectivity index (χ1) is 20.7. The number of rotatable bonds is 12. The minimum atomic E-state index is -1.60. The van der Waals surface area contributed by atoms with Gasteiger partial charge in [-0.05, 0) is 89.8 Å². The molecule has 0 aromatic rings. The van der Waals surface area contributed by atoms with Crippen molar-refractivity contribution in [2.24, 2.45) is 39.3 Å². The van der Waals surface area contributed by atoms with Gasteiger partial charge in [-0.15, -0.1) is 0 Å². The van der Waals surface area contributed by atoms with Crippen LogP contribution in [0.25, 0.3) is 0 Å². The molecule has 0 aromatic carbocycles. The minimum Gasteiger partial charge on any atom is -0.545 e. The number of nitrogens with two attached hydrogens (primary N) is 1. The number of aliphatic hydroxyl groups excluding tert-OH is 1. The Kier molecular flexibility index (Phi) is 10.2. The van der Waals surface area contributed by atoms with Crippen molar-refractivity contribution < 1.29 is 29.8 Å². The zero-order valence-electron chi connectivity index (χ0n) is 26.6. The van der Waals surface area contributed by atoms with E-state index in [2.05, 4.69) is 22.9 Å². The quantitative estimate of drug-likeness (QED) is 0.0769. The third kappa shape index (κ3) is 5.68. The molecule has 11 nitrogen and oxygen atoms in total. The number of carbonyl (C=O) groups excluding carboxylic acids is 1. The largest absolute Gasteiger partial charge is 0.545 e. The van der Waals surface area contributed by atoms with E-state index in [1.54, 1.807) is 0 Å². The van der Waals surface area contributed by atoms with Crippen molar-refractivity contribution in [1.29, 1.82) is 0 Å². The molecule has 1 saturated heterocycles. The Hall–Kier alpha value is -1.60. The molecule has 0 radical (unpaired) electrons. The van der Waals surface area contributed by atoms with Crippen molar-refractivity contribution in [3.63, 3.8) is 0 Å². The van der Waals surface area contributed by atoms with Crippen LogP contribution in [0.15, 0.2) is 16.1 Å². The summed E-state index contributed by atoms with van der Waals surface area (Å²) in [6.07, 6.45) is 7.87. The summed E-state index contributed by atoms with van der Waals surface area (Å²) in [4.78, 5) is 18.9. The van der Waals surface area contributed by atoms with Gasteiger partial charge in [0.15, 0.2) is 0 Å². The number of ether oxygens (including phenoxy) is 1. The zero-order chi connectivity index (χ0) is 30.8. The number of guanidine groups is 1. The topological polar surface area (TPSA) is 169 Å². The van der Waals surface area contributed by atoms with E-state index < -0.39 is 17.0 Å². The van der Waals surface area contributed by atoms with E-state index in [-0.39, 0.29) is 48.1 Å². The summed E-state index contributed by atoms with van der Waals surface area (Å²) < 4.78 is 6.41. The predicted molar refractivity (Wildman–Crippen MR) is 163 cm³/mol. The maximum Gasteiger partial charge on any atom is 0.293 e. The van der Waals surface area contributed by atoms with E-state index in [0.29, 0.717) is 37.9 Å². The van der Waals surface area contributed by atoms with Gasteiger partial charge in [0.2, 0.25) is 0 Å². The highest BCUT2D eigenvalue weighted by atomic mass is 16.5. The van der Waals surface area contributed by atoms with Crippen LogP contribution in [0, 0.1) is 28.6 Å². The molecular weight excluding hydrogens is 548 g/mol. The molecule has 8 N–H and O–H groups in total. The predicted octanol–water partition coefficient (Wildman–Crippen LogP) is -1.84. The molecular formula is C32H56N6O5. The van der Waals surface area contributed by atoms with Crippen molar-refractivity contribution in [3.05, 3.63) is 11.1 Å². The molecule has 9 atom stereocenters. The number of carboxylic acids is 1. The Balaban J connectivity index is 1.53. The van der Waals surface area contributed by atoms with Crippen LogP contribution in [0.5, 0.6) is 0 Å². The van der Waals surface area contributed by atoms with Crippen LogP contribution in [0.1, 0.15) is 64.7 Å². The maximum absolute atomic E-state index is 13.0. The van der Waals surface area contributed by atoms with E-state index >= 15 is 0 Å². The first-order valence-electron chi connectivity index (χ1n) is 16.7. The van der Waals surface area contributed by atoms with Gasteiger partial charge in [0.25, 0.3) is 5.96 Å². The van der Waals surface area contributed by atoms with Crippen LogP contribution in [0.3, 0.4) is 0 Å². The number of aliphatic carboxylic acids is 1. The Morgan fingerprint density at radius 3 is 2.74 bits per heavy atom. The molecule has 2 bridgehead atoms. The van der Waals surface area contributed by atoms with E-state index in [1.165, 1.54) is 0 Å². The average Bonchev–Trinajstić information content (AvgIpc) is 3.34. The van der Waals surface area contributed by atoms with Gasteiger partial charge in [0.1, 0.15) is 5.60 Å².